The fraction of sp³-hybridized carbons (Fsp3) is 0.200. The van der Waals surface area contributed by atoms with Crippen molar-refractivity contribution in [3.05, 3.63) is 29.3 Å². The maximum atomic E-state index is 10.2. The second-order valence-corrected chi connectivity index (χ2v) is 3.68. The number of fused-ring (bicyclic) bond motifs is 1. The van der Waals surface area contributed by atoms with E-state index in [1.54, 1.807) is 11.3 Å². The van der Waals surface area contributed by atoms with Crippen LogP contribution in [0.4, 0.5) is 0 Å². The molecule has 2 aromatic rings. The van der Waals surface area contributed by atoms with Gasteiger partial charge in [-0.3, -0.25) is 0 Å². The third-order valence-corrected chi connectivity index (χ3v) is 2.89. The first-order valence-corrected chi connectivity index (χ1v) is 5.04. The Balaban J connectivity index is 2.42. The van der Waals surface area contributed by atoms with Crippen LogP contribution < -0.4 is 0 Å². The summed E-state index contributed by atoms with van der Waals surface area (Å²) in [5.74, 6) is 0. The van der Waals surface area contributed by atoms with Crippen molar-refractivity contribution in [3.8, 4) is 0 Å². The van der Waals surface area contributed by atoms with Crippen molar-refractivity contribution in [2.24, 2.45) is 0 Å². The fourth-order valence-electron chi connectivity index (χ4n) is 1.36. The normalized spacial score (nSPS) is 10.5. The Morgan fingerprint density at radius 2 is 2.38 bits per heavy atom. The Labute approximate surface area is 80.2 Å². The molecule has 66 valence electrons. The monoisotopic (exact) mass is 191 g/mol. The Bertz CT molecular complexity index is 422. The van der Waals surface area contributed by atoms with E-state index in [1.807, 2.05) is 17.6 Å². The van der Waals surface area contributed by atoms with E-state index in [0.717, 1.165) is 18.2 Å². The Hall–Kier alpha value is -1.22. The number of hydrogen-bond donors (Lipinski definition) is 0. The Morgan fingerprint density at radius 1 is 1.46 bits per heavy atom. The van der Waals surface area contributed by atoms with E-state index in [2.05, 4.69) is 11.1 Å². The van der Waals surface area contributed by atoms with Gasteiger partial charge in [0.25, 0.3) is 0 Å². The lowest BCUT2D eigenvalue weighted by molar-refractivity contribution is -0.107. The molecule has 13 heavy (non-hydrogen) atoms. The number of carbonyl (C=O) groups is 1. The summed E-state index contributed by atoms with van der Waals surface area (Å²) >= 11 is 1.64. The SMILES string of the molecule is O=CCCc1cccc2ncsc12. The zero-order valence-electron chi connectivity index (χ0n) is 7.06. The molecule has 0 saturated heterocycles. The third-order valence-electron chi connectivity index (χ3n) is 1.97. The van der Waals surface area contributed by atoms with E-state index in [1.165, 1.54) is 10.3 Å². The number of aldehydes is 1. The van der Waals surface area contributed by atoms with Crippen LogP contribution in [0.5, 0.6) is 0 Å². The van der Waals surface area contributed by atoms with Crippen molar-refractivity contribution in [1.29, 1.82) is 0 Å². The molecule has 0 amide bonds. The molecule has 1 aromatic heterocycles. The summed E-state index contributed by atoms with van der Waals surface area (Å²) in [6.45, 7) is 0. The van der Waals surface area contributed by atoms with Crippen molar-refractivity contribution in [1.82, 2.24) is 4.98 Å². The molecule has 1 heterocycles. The molecule has 0 N–H and O–H groups in total. The molecule has 1 aromatic carbocycles. The first kappa shape index (κ1) is 8.38. The largest absolute Gasteiger partial charge is 0.303 e. The number of aromatic nitrogens is 1. The van der Waals surface area contributed by atoms with Crippen molar-refractivity contribution in [2.75, 3.05) is 0 Å². The first-order chi connectivity index (χ1) is 6.42. The Morgan fingerprint density at radius 3 is 3.23 bits per heavy atom. The summed E-state index contributed by atoms with van der Waals surface area (Å²) < 4.78 is 1.21. The molecule has 0 aliphatic heterocycles. The van der Waals surface area contributed by atoms with Gasteiger partial charge in [0.2, 0.25) is 0 Å². The summed E-state index contributed by atoms with van der Waals surface area (Å²) in [4.78, 5) is 14.5. The van der Waals surface area contributed by atoms with Gasteiger partial charge in [0.05, 0.1) is 15.7 Å². The lowest BCUT2D eigenvalue weighted by atomic mass is 10.1. The maximum absolute atomic E-state index is 10.2. The molecule has 2 nitrogen and oxygen atoms in total. The van der Waals surface area contributed by atoms with Gasteiger partial charge in [-0.15, -0.1) is 11.3 Å². The van der Waals surface area contributed by atoms with Gasteiger partial charge in [-0.2, -0.15) is 0 Å². The van der Waals surface area contributed by atoms with E-state index in [0.29, 0.717) is 6.42 Å². The van der Waals surface area contributed by atoms with Crippen LogP contribution in [0.25, 0.3) is 10.2 Å². The molecule has 0 aliphatic rings. The molecular weight excluding hydrogens is 182 g/mol. The minimum absolute atomic E-state index is 0.594. The van der Waals surface area contributed by atoms with Crippen LogP contribution in [-0.4, -0.2) is 11.3 Å². The molecule has 0 radical (unpaired) electrons. The van der Waals surface area contributed by atoms with Gasteiger partial charge in [-0.25, -0.2) is 4.98 Å². The summed E-state index contributed by atoms with van der Waals surface area (Å²) in [5, 5.41) is 0. The van der Waals surface area contributed by atoms with Crippen LogP contribution in [0.2, 0.25) is 0 Å². The highest BCUT2D eigenvalue weighted by molar-refractivity contribution is 7.16. The highest BCUT2D eigenvalue weighted by Gasteiger charge is 2.01. The van der Waals surface area contributed by atoms with Gasteiger partial charge in [-0.1, -0.05) is 12.1 Å². The van der Waals surface area contributed by atoms with Gasteiger partial charge in [0.1, 0.15) is 6.29 Å². The summed E-state index contributed by atoms with van der Waals surface area (Å²) in [5.41, 5.74) is 4.11. The number of nitrogens with zero attached hydrogens (tertiary/aromatic N) is 1. The van der Waals surface area contributed by atoms with E-state index in [9.17, 15) is 4.79 Å². The van der Waals surface area contributed by atoms with Crippen LogP contribution in [0.3, 0.4) is 0 Å². The molecular formula is C10H9NOS. The number of carbonyl (C=O) groups excluding carboxylic acids is 1. The van der Waals surface area contributed by atoms with Gasteiger partial charge in [0, 0.05) is 6.42 Å². The molecule has 0 unspecified atom stereocenters. The molecule has 0 fully saturated rings. The molecule has 0 aliphatic carbocycles. The summed E-state index contributed by atoms with van der Waals surface area (Å²) in [6, 6.07) is 6.04. The zero-order chi connectivity index (χ0) is 9.10. The molecule has 3 heteroatoms. The first-order valence-electron chi connectivity index (χ1n) is 4.16. The molecule has 0 saturated carbocycles. The van der Waals surface area contributed by atoms with Crippen LogP contribution in [0.15, 0.2) is 23.7 Å². The molecule has 0 spiro atoms. The van der Waals surface area contributed by atoms with Gasteiger partial charge in [0.15, 0.2) is 0 Å². The summed E-state index contributed by atoms with van der Waals surface area (Å²) in [6.07, 6.45) is 2.37. The number of hydrogen-bond acceptors (Lipinski definition) is 3. The van der Waals surface area contributed by atoms with Crippen molar-refractivity contribution < 1.29 is 4.79 Å². The molecule has 0 atom stereocenters. The highest BCUT2D eigenvalue weighted by atomic mass is 32.1. The smallest absolute Gasteiger partial charge is 0.120 e. The lowest BCUT2D eigenvalue weighted by Crippen LogP contribution is -1.85. The molecule has 2 rings (SSSR count). The molecule has 0 bridgehead atoms. The van der Waals surface area contributed by atoms with Gasteiger partial charge >= 0.3 is 0 Å². The Kier molecular flexibility index (Phi) is 2.36. The quantitative estimate of drug-likeness (QED) is 0.697. The number of aryl methyl sites for hydroxylation is 1. The second kappa shape index (κ2) is 3.66. The number of rotatable bonds is 3. The van der Waals surface area contributed by atoms with Crippen LogP contribution in [0.1, 0.15) is 12.0 Å². The minimum Gasteiger partial charge on any atom is -0.303 e. The van der Waals surface area contributed by atoms with Crippen LogP contribution >= 0.6 is 11.3 Å². The summed E-state index contributed by atoms with van der Waals surface area (Å²) in [7, 11) is 0. The standard InChI is InChI=1S/C10H9NOS/c12-6-2-4-8-3-1-5-9-10(8)13-7-11-9/h1,3,5-7H,2,4H2. The van der Waals surface area contributed by atoms with Crippen LogP contribution in [0, 0.1) is 0 Å². The van der Waals surface area contributed by atoms with E-state index in [4.69, 9.17) is 0 Å². The minimum atomic E-state index is 0.594. The third kappa shape index (κ3) is 1.60. The predicted octanol–water partition coefficient (Wildman–Crippen LogP) is 2.43. The van der Waals surface area contributed by atoms with E-state index >= 15 is 0 Å². The average Bonchev–Trinajstić information content (AvgIpc) is 2.62. The van der Waals surface area contributed by atoms with Crippen molar-refractivity contribution >= 4 is 27.8 Å². The highest BCUT2D eigenvalue weighted by Crippen LogP contribution is 2.22. The van der Waals surface area contributed by atoms with Gasteiger partial charge in [-0.05, 0) is 18.1 Å². The van der Waals surface area contributed by atoms with E-state index in [-0.39, 0.29) is 0 Å². The predicted molar refractivity (Wildman–Crippen MR) is 54.0 cm³/mol. The second-order valence-electron chi connectivity index (χ2n) is 2.82. The van der Waals surface area contributed by atoms with Crippen molar-refractivity contribution in [2.45, 2.75) is 12.8 Å². The number of thiazole rings is 1. The maximum Gasteiger partial charge on any atom is 0.120 e. The fourth-order valence-corrected chi connectivity index (χ4v) is 2.19. The van der Waals surface area contributed by atoms with Gasteiger partial charge < -0.3 is 4.79 Å². The topological polar surface area (TPSA) is 30.0 Å². The number of benzene rings is 1. The average molecular weight is 191 g/mol. The van der Waals surface area contributed by atoms with Crippen molar-refractivity contribution in [3.63, 3.8) is 0 Å². The van der Waals surface area contributed by atoms with E-state index < -0.39 is 0 Å². The lowest BCUT2D eigenvalue weighted by Gasteiger charge is -1.97. The zero-order valence-corrected chi connectivity index (χ0v) is 7.88. The van der Waals surface area contributed by atoms with Crippen LogP contribution in [-0.2, 0) is 11.2 Å².